The van der Waals surface area contributed by atoms with Crippen LogP contribution in [0.5, 0.6) is 0 Å². The van der Waals surface area contributed by atoms with Crippen molar-refractivity contribution in [2.24, 2.45) is 0 Å². The molecule has 2 aliphatic heterocycles. The zero-order chi connectivity index (χ0) is 15.9. The molecule has 1 amide bonds. The minimum atomic E-state index is -0.0726. The molecule has 4 rings (SSSR count). The van der Waals surface area contributed by atoms with Gasteiger partial charge < -0.3 is 14.5 Å². The Hall–Kier alpha value is -1.53. The fraction of sp³-hybridized carbons (Fsp3) is 0.529. The fourth-order valence-electron chi connectivity index (χ4n) is 3.52. The molecule has 0 bridgehead atoms. The summed E-state index contributed by atoms with van der Waals surface area (Å²) < 4.78 is 11.5. The van der Waals surface area contributed by atoms with Crippen LogP contribution < -0.4 is 5.32 Å². The number of benzene rings is 1. The van der Waals surface area contributed by atoms with E-state index in [1.807, 2.05) is 23.9 Å². The van der Waals surface area contributed by atoms with Gasteiger partial charge in [0.05, 0.1) is 11.2 Å². The largest absolute Gasteiger partial charge is 0.441 e. The van der Waals surface area contributed by atoms with Gasteiger partial charge in [-0.25, -0.2) is 4.98 Å². The molecule has 23 heavy (non-hydrogen) atoms. The zero-order valence-electron chi connectivity index (χ0n) is 13.1. The third-order valence-corrected chi connectivity index (χ3v) is 5.89. The van der Waals surface area contributed by atoms with Crippen molar-refractivity contribution >= 4 is 28.8 Å². The average Bonchev–Trinajstić information content (AvgIpc) is 3.12. The van der Waals surface area contributed by atoms with E-state index in [-0.39, 0.29) is 17.6 Å². The summed E-state index contributed by atoms with van der Waals surface area (Å²) in [4.78, 5) is 17.0. The van der Waals surface area contributed by atoms with E-state index in [2.05, 4.69) is 10.3 Å². The van der Waals surface area contributed by atoms with Gasteiger partial charge in [0.1, 0.15) is 5.52 Å². The summed E-state index contributed by atoms with van der Waals surface area (Å²) in [6.45, 7) is 2.51. The molecule has 1 aromatic heterocycles. The van der Waals surface area contributed by atoms with Gasteiger partial charge in [-0.1, -0.05) is 6.07 Å². The summed E-state index contributed by atoms with van der Waals surface area (Å²) in [6, 6.07) is 5.64. The number of aromatic nitrogens is 1. The van der Waals surface area contributed by atoms with Crippen molar-refractivity contribution in [1.29, 1.82) is 0 Å². The van der Waals surface area contributed by atoms with Gasteiger partial charge >= 0.3 is 0 Å². The number of hydrogen-bond acceptors (Lipinski definition) is 5. The Balaban J connectivity index is 1.52. The van der Waals surface area contributed by atoms with Crippen LogP contribution in [0, 0.1) is 6.92 Å². The van der Waals surface area contributed by atoms with Gasteiger partial charge in [0.15, 0.2) is 11.5 Å². The third-order valence-electron chi connectivity index (χ3n) is 4.67. The van der Waals surface area contributed by atoms with Crippen molar-refractivity contribution in [2.45, 2.75) is 37.8 Å². The second kappa shape index (κ2) is 5.83. The molecule has 0 unspecified atom stereocenters. The van der Waals surface area contributed by atoms with E-state index >= 15 is 0 Å². The second-order valence-corrected chi connectivity index (χ2v) is 7.49. The second-order valence-electron chi connectivity index (χ2n) is 6.38. The molecule has 6 heteroatoms. The standard InChI is InChI=1S/C17H20N2O3S/c1-11-18-15-13(3-2-4-14(15)22-11)16(20)19-12-5-7-21-17(9-12)6-8-23-10-17/h2-4,12H,5-10H2,1H3,(H,19,20)/t12-,17+/m0/s1. The minimum absolute atomic E-state index is 0.0304. The van der Waals surface area contributed by atoms with E-state index in [1.165, 1.54) is 0 Å². The Labute approximate surface area is 139 Å². The number of para-hydroxylation sites is 1. The van der Waals surface area contributed by atoms with Gasteiger partial charge in [-0.05, 0) is 37.1 Å². The topological polar surface area (TPSA) is 64.4 Å². The van der Waals surface area contributed by atoms with Crippen LogP contribution in [-0.2, 0) is 4.74 Å². The molecule has 122 valence electrons. The molecule has 0 radical (unpaired) electrons. The van der Waals surface area contributed by atoms with Gasteiger partial charge in [0.2, 0.25) is 0 Å². The zero-order valence-corrected chi connectivity index (χ0v) is 13.9. The van der Waals surface area contributed by atoms with Gasteiger partial charge in [0, 0.05) is 25.3 Å². The van der Waals surface area contributed by atoms with E-state index in [0.717, 1.165) is 37.4 Å². The van der Waals surface area contributed by atoms with E-state index in [9.17, 15) is 4.79 Å². The molecule has 5 nitrogen and oxygen atoms in total. The predicted octanol–water partition coefficient (Wildman–Crippen LogP) is 2.92. The quantitative estimate of drug-likeness (QED) is 0.916. The van der Waals surface area contributed by atoms with Gasteiger partial charge in [-0.2, -0.15) is 11.8 Å². The number of carbonyl (C=O) groups is 1. The number of aryl methyl sites for hydroxylation is 1. The summed E-state index contributed by atoms with van der Waals surface area (Å²) in [5.74, 6) is 2.69. The SMILES string of the molecule is Cc1nc2c(C(=O)N[C@H]3CCO[C@]4(CCSC4)C3)cccc2o1. The number of hydrogen-bond donors (Lipinski definition) is 1. The van der Waals surface area contributed by atoms with Gasteiger partial charge in [0.25, 0.3) is 5.91 Å². The summed E-state index contributed by atoms with van der Waals surface area (Å²) in [7, 11) is 0. The third kappa shape index (κ3) is 2.85. The number of nitrogens with one attached hydrogen (secondary N) is 1. The molecule has 3 heterocycles. The Kier molecular flexibility index (Phi) is 3.81. The van der Waals surface area contributed by atoms with E-state index < -0.39 is 0 Å². The molecule has 2 atom stereocenters. The Morgan fingerprint density at radius 3 is 3.22 bits per heavy atom. The normalized spacial score (nSPS) is 27.6. The van der Waals surface area contributed by atoms with Crippen LogP contribution in [0.1, 0.15) is 35.5 Å². The van der Waals surface area contributed by atoms with Crippen LogP contribution in [0.2, 0.25) is 0 Å². The monoisotopic (exact) mass is 332 g/mol. The molecule has 0 saturated carbocycles. The molecule has 2 fully saturated rings. The number of carbonyl (C=O) groups excluding carboxylic acids is 1. The van der Waals surface area contributed by atoms with Crippen LogP contribution in [-0.4, -0.2) is 40.6 Å². The van der Waals surface area contributed by atoms with E-state index in [0.29, 0.717) is 22.6 Å². The lowest BCUT2D eigenvalue weighted by Crippen LogP contribution is -2.48. The highest BCUT2D eigenvalue weighted by Crippen LogP contribution is 2.38. The number of nitrogens with zero attached hydrogens (tertiary/aromatic N) is 1. The van der Waals surface area contributed by atoms with Crippen molar-refractivity contribution < 1.29 is 13.9 Å². The maximum Gasteiger partial charge on any atom is 0.253 e. The Morgan fingerprint density at radius 1 is 1.48 bits per heavy atom. The van der Waals surface area contributed by atoms with Crippen LogP contribution >= 0.6 is 11.8 Å². The maximum atomic E-state index is 12.7. The molecule has 1 spiro atoms. The highest BCUT2D eigenvalue weighted by atomic mass is 32.2. The fourth-order valence-corrected chi connectivity index (χ4v) is 4.90. The molecule has 2 saturated heterocycles. The molecular formula is C17H20N2O3S. The molecule has 2 aliphatic rings. The average molecular weight is 332 g/mol. The first-order valence-corrected chi connectivity index (χ1v) is 9.19. The van der Waals surface area contributed by atoms with Crippen LogP contribution in [0.4, 0.5) is 0 Å². The first-order valence-electron chi connectivity index (χ1n) is 8.04. The van der Waals surface area contributed by atoms with Crippen LogP contribution in [0.15, 0.2) is 22.6 Å². The molecule has 2 aromatic rings. The highest BCUT2D eigenvalue weighted by Gasteiger charge is 2.40. The lowest BCUT2D eigenvalue weighted by atomic mass is 9.89. The lowest BCUT2D eigenvalue weighted by Gasteiger charge is -2.38. The molecule has 0 aliphatic carbocycles. The van der Waals surface area contributed by atoms with Crippen molar-refractivity contribution in [1.82, 2.24) is 10.3 Å². The van der Waals surface area contributed by atoms with Gasteiger partial charge in [-0.15, -0.1) is 0 Å². The molecular weight excluding hydrogens is 312 g/mol. The summed E-state index contributed by atoms with van der Waals surface area (Å²) >= 11 is 1.94. The smallest absolute Gasteiger partial charge is 0.253 e. The van der Waals surface area contributed by atoms with Crippen molar-refractivity contribution in [2.75, 3.05) is 18.1 Å². The van der Waals surface area contributed by atoms with Crippen LogP contribution in [0.25, 0.3) is 11.1 Å². The Bertz CT molecular complexity index is 737. The van der Waals surface area contributed by atoms with Crippen LogP contribution in [0.3, 0.4) is 0 Å². The van der Waals surface area contributed by atoms with Crippen molar-refractivity contribution in [3.05, 3.63) is 29.7 Å². The Morgan fingerprint density at radius 2 is 2.39 bits per heavy atom. The number of thioether (sulfide) groups is 1. The number of rotatable bonds is 2. The highest BCUT2D eigenvalue weighted by molar-refractivity contribution is 7.99. The summed E-state index contributed by atoms with van der Waals surface area (Å²) in [5.41, 5.74) is 1.85. The number of fused-ring (bicyclic) bond motifs is 1. The first kappa shape index (κ1) is 15.0. The number of amides is 1. The van der Waals surface area contributed by atoms with Crippen molar-refractivity contribution in [3.8, 4) is 0 Å². The summed E-state index contributed by atoms with van der Waals surface area (Å²) in [6.07, 6.45) is 2.85. The molecule has 1 N–H and O–H groups in total. The first-order chi connectivity index (χ1) is 11.2. The molecule has 1 aromatic carbocycles. The number of oxazole rings is 1. The minimum Gasteiger partial charge on any atom is -0.441 e. The van der Waals surface area contributed by atoms with Gasteiger partial charge in [-0.3, -0.25) is 4.79 Å². The predicted molar refractivity (Wildman–Crippen MR) is 89.9 cm³/mol. The number of ether oxygens (including phenoxy) is 1. The lowest BCUT2D eigenvalue weighted by molar-refractivity contribution is -0.0688. The van der Waals surface area contributed by atoms with E-state index in [4.69, 9.17) is 9.15 Å². The maximum absolute atomic E-state index is 12.7. The van der Waals surface area contributed by atoms with E-state index in [1.54, 1.807) is 13.0 Å². The van der Waals surface area contributed by atoms with Crippen molar-refractivity contribution in [3.63, 3.8) is 0 Å². The summed E-state index contributed by atoms with van der Waals surface area (Å²) in [5, 5.41) is 3.18.